The smallest absolute Gasteiger partial charge is 0.161 e. The number of hydrogen-bond donors (Lipinski definition) is 1. The third kappa shape index (κ3) is 2.34. The Morgan fingerprint density at radius 3 is 2.38 bits per heavy atom. The molecular weight excluding hydrogens is 320 g/mol. The fourth-order valence-electron chi connectivity index (χ4n) is 3.81. The highest BCUT2D eigenvalue weighted by molar-refractivity contribution is 5.91. The maximum Gasteiger partial charge on any atom is 0.161 e. The van der Waals surface area contributed by atoms with Gasteiger partial charge in [0, 0.05) is 29.1 Å². The Hall–Kier alpha value is -2.98. The van der Waals surface area contributed by atoms with Crippen molar-refractivity contribution in [3.8, 4) is 22.3 Å². The van der Waals surface area contributed by atoms with Gasteiger partial charge in [-0.05, 0) is 36.0 Å². The van der Waals surface area contributed by atoms with Gasteiger partial charge in [-0.15, -0.1) is 0 Å². The molecule has 4 aromatic rings. The van der Waals surface area contributed by atoms with Crippen LogP contribution >= 0.6 is 0 Å². The first-order valence-electron chi connectivity index (χ1n) is 9.02. The van der Waals surface area contributed by atoms with Gasteiger partial charge in [-0.3, -0.25) is 0 Å². The van der Waals surface area contributed by atoms with Gasteiger partial charge in [0.25, 0.3) is 0 Å². The molecule has 2 aromatic carbocycles. The minimum atomic E-state index is -0.137. The summed E-state index contributed by atoms with van der Waals surface area (Å²) in [5.74, 6) is 0. The quantitative estimate of drug-likeness (QED) is 0.601. The summed E-state index contributed by atoms with van der Waals surface area (Å²) in [4.78, 5) is 4.56. The molecule has 0 bridgehead atoms. The number of nitrogens with zero attached hydrogens (tertiary/aromatic N) is 3. The lowest BCUT2D eigenvalue weighted by Gasteiger charge is -2.38. The number of nitrogens with two attached hydrogens (primary N) is 1. The molecule has 0 spiro atoms. The Morgan fingerprint density at radius 1 is 0.923 bits per heavy atom. The molecule has 0 amide bonds. The highest BCUT2D eigenvalue weighted by Gasteiger charge is 2.34. The van der Waals surface area contributed by atoms with Crippen molar-refractivity contribution < 1.29 is 0 Å². The van der Waals surface area contributed by atoms with Crippen LogP contribution in [0.15, 0.2) is 73.2 Å². The molecule has 2 N–H and O–H groups in total. The van der Waals surface area contributed by atoms with E-state index in [1.807, 2.05) is 35.1 Å². The zero-order valence-corrected chi connectivity index (χ0v) is 14.5. The summed E-state index contributed by atoms with van der Waals surface area (Å²) in [6, 6.07) is 19.0. The van der Waals surface area contributed by atoms with Crippen LogP contribution in [-0.4, -0.2) is 14.6 Å². The Bertz CT molecular complexity index is 1060. The summed E-state index contributed by atoms with van der Waals surface area (Å²) in [7, 11) is 0. The second-order valence-electron chi connectivity index (χ2n) is 7.08. The molecule has 0 unspecified atom stereocenters. The zero-order chi connectivity index (χ0) is 17.6. The minimum absolute atomic E-state index is 0.137. The predicted molar refractivity (Wildman–Crippen MR) is 104 cm³/mol. The topological polar surface area (TPSA) is 56.2 Å². The lowest BCUT2D eigenvalue weighted by molar-refractivity contribution is 0.253. The normalized spacial score (nSPS) is 15.7. The summed E-state index contributed by atoms with van der Waals surface area (Å²) < 4.78 is 1.83. The minimum Gasteiger partial charge on any atom is -0.321 e. The van der Waals surface area contributed by atoms with Crippen molar-refractivity contribution in [3.63, 3.8) is 0 Å². The summed E-state index contributed by atoms with van der Waals surface area (Å²) in [6.07, 6.45) is 8.95. The first-order valence-corrected chi connectivity index (χ1v) is 9.02. The van der Waals surface area contributed by atoms with Gasteiger partial charge in [0.1, 0.15) is 0 Å². The maximum absolute atomic E-state index is 6.48. The van der Waals surface area contributed by atoms with Gasteiger partial charge in [0.2, 0.25) is 0 Å². The van der Waals surface area contributed by atoms with Crippen molar-refractivity contribution in [1.29, 1.82) is 0 Å². The molecular formula is C22H20N4. The molecule has 1 saturated carbocycles. The molecule has 1 aliphatic carbocycles. The average Bonchev–Trinajstić information content (AvgIpc) is 3.15. The fourth-order valence-corrected chi connectivity index (χ4v) is 3.81. The van der Waals surface area contributed by atoms with Crippen molar-refractivity contribution in [3.05, 3.63) is 78.8 Å². The first kappa shape index (κ1) is 15.3. The molecule has 1 aliphatic rings. The van der Waals surface area contributed by atoms with Crippen LogP contribution < -0.4 is 5.73 Å². The zero-order valence-electron chi connectivity index (χ0n) is 14.5. The lowest BCUT2D eigenvalue weighted by Crippen LogP contribution is -2.43. The van der Waals surface area contributed by atoms with E-state index in [4.69, 9.17) is 5.73 Å². The van der Waals surface area contributed by atoms with Crippen LogP contribution in [-0.2, 0) is 5.54 Å². The van der Waals surface area contributed by atoms with Crippen LogP contribution in [0.4, 0.5) is 0 Å². The number of hydrogen-bond acceptors (Lipinski definition) is 3. The number of imidazole rings is 1. The summed E-state index contributed by atoms with van der Waals surface area (Å²) in [6.45, 7) is 0. The molecule has 1 fully saturated rings. The van der Waals surface area contributed by atoms with Crippen molar-refractivity contribution in [2.45, 2.75) is 24.8 Å². The van der Waals surface area contributed by atoms with Gasteiger partial charge >= 0.3 is 0 Å². The van der Waals surface area contributed by atoms with E-state index in [1.54, 1.807) is 6.20 Å². The van der Waals surface area contributed by atoms with Crippen molar-refractivity contribution in [2.75, 3.05) is 0 Å². The van der Waals surface area contributed by atoms with E-state index in [2.05, 4.69) is 46.5 Å². The standard InChI is InChI=1S/C22H20N4/c23-22(11-4-12-22)18-9-7-17(8-10-18)20-19(16-5-2-1-3-6-16)15-25-26-14-13-24-21(20)26/h1-3,5-10,13-15H,4,11-12,23H2. The summed E-state index contributed by atoms with van der Waals surface area (Å²) in [5.41, 5.74) is 12.9. The first-order chi connectivity index (χ1) is 12.7. The fraction of sp³-hybridized carbons (Fsp3) is 0.182. The highest BCUT2D eigenvalue weighted by atomic mass is 15.2. The molecule has 4 nitrogen and oxygen atoms in total. The molecule has 128 valence electrons. The Morgan fingerprint density at radius 2 is 1.69 bits per heavy atom. The number of benzene rings is 2. The number of fused-ring (bicyclic) bond motifs is 1. The van der Waals surface area contributed by atoms with Crippen LogP contribution in [0.25, 0.3) is 27.9 Å². The molecule has 4 heteroatoms. The van der Waals surface area contributed by atoms with E-state index in [1.165, 1.54) is 12.0 Å². The second kappa shape index (κ2) is 5.78. The van der Waals surface area contributed by atoms with Gasteiger partial charge in [-0.1, -0.05) is 54.6 Å². The van der Waals surface area contributed by atoms with Gasteiger partial charge in [0.15, 0.2) is 5.65 Å². The van der Waals surface area contributed by atoms with Gasteiger partial charge in [-0.25, -0.2) is 9.50 Å². The molecule has 2 aromatic heterocycles. The van der Waals surface area contributed by atoms with E-state index in [0.29, 0.717) is 0 Å². The molecule has 0 aliphatic heterocycles. The molecule has 2 heterocycles. The van der Waals surface area contributed by atoms with Crippen LogP contribution in [0.3, 0.4) is 0 Å². The molecule has 26 heavy (non-hydrogen) atoms. The third-order valence-electron chi connectivity index (χ3n) is 5.50. The highest BCUT2D eigenvalue weighted by Crippen LogP contribution is 2.40. The summed E-state index contributed by atoms with van der Waals surface area (Å²) in [5, 5.41) is 4.52. The van der Waals surface area contributed by atoms with Crippen LogP contribution in [0, 0.1) is 0 Å². The summed E-state index contributed by atoms with van der Waals surface area (Å²) >= 11 is 0. The SMILES string of the molecule is NC1(c2ccc(-c3c(-c4ccccc4)cnn4ccnc34)cc2)CCC1. The average molecular weight is 340 g/mol. The van der Waals surface area contributed by atoms with Gasteiger partial charge < -0.3 is 5.73 Å². The van der Waals surface area contributed by atoms with E-state index in [0.717, 1.165) is 40.7 Å². The molecule has 5 rings (SSSR count). The van der Waals surface area contributed by atoms with E-state index < -0.39 is 0 Å². The van der Waals surface area contributed by atoms with E-state index in [9.17, 15) is 0 Å². The van der Waals surface area contributed by atoms with Crippen molar-refractivity contribution in [2.24, 2.45) is 5.73 Å². The molecule has 0 saturated heterocycles. The van der Waals surface area contributed by atoms with Gasteiger partial charge in [-0.2, -0.15) is 5.10 Å². The predicted octanol–water partition coefficient (Wildman–Crippen LogP) is 4.40. The Kier molecular flexibility index (Phi) is 3.40. The molecule has 0 radical (unpaired) electrons. The largest absolute Gasteiger partial charge is 0.321 e. The number of aromatic nitrogens is 3. The van der Waals surface area contributed by atoms with Crippen LogP contribution in [0.2, 0.25) is 0 Å². The van der Waals surface area contributed by atoms with Gasteiger partial charge in [0.05, 0.1) is 6.20 Å². The van der Waals surface area contributed by atoms with E-state index >= 15 is 0 Å². The Labute approximate surface area is 152 Å². The van der Waals surface area contributed by atoms with Crippen molar-refractivity contribution in [1.82, 2.24) is 14.6 Å². The second-order valence-corrected chi connectivity index (χ2v) is 7.08. The maximum atomic E-state index is 6.48. The Balaban J connectivity index is 1.69. The lowest BCUT2D eigenvalue weighted by atomic mass is 9.72. The van der Waals surface area contributed by atoms with Crippen LogP contribution in [0.5, 0.6) is 0 Å². The molecule has 0 atom stereocenters. The van der Waals surface area contributed by atoms with E-state index in [-0.39, 0.29) is 5.54 Å². The number of rotatable bonds is 3. The monoisotopic (exact) mass is 340 g/mol. The third-order valence-corrected chi connectivity index (χ3v) is 5.50. The van der Waals surface area contributed by atoms with Crippen LogP contribution in [0.1, 0.15) is 24.8 Å². The van der Waals surface area contributed by atoms with Crippen molar-refractivity contribution >= 4 is 5.65 Å².